The van der Waals surface area contributed by atoms with Crippen molar-refractivity contribution in [2.45, 2.75) is 64.5 Å². The molecule has 0 spiro atoms. The van der Waals surface area contributed by atoms with Gasteiger partial charge in [0.25, 0.3) is 5.91 Å². The van der Waals surface area contributed by atoms with Crippen LogP contribution in [0.2, 0.25) is 0 Å². The van der Waals surface area contributed by atoms with Crippen LogP contribution in [0.1, 0.15) is 62.7 Å². The van der Waals surface area contributed by atoms with Gasteiger partial charge in [-0.1, -0.05) is 38.3 Å². The highest BCUT2D eigenvalue weighted by atomic mass is 16.2. The number of amides is 2. The number of unbranched alkanes of at least 4 members (excludes halogenated alkanes) is 1. The fourth-order valence-corrected chi connectivity index (χ4v) is 4.03. The summed E-state index contributed by atoms with van der Waals surface area (Å²) in [7, 11) is 0. The molecule has 0 unspecified atom stereocenters. The second-order valence-electron chi connectivity index (χ2n) is 7.84. The number of nitrogens with zero attached hydrogens (tertiary/aromatic N) is 1. The molecule has 0 radical (unpaired) electrons. The van der Waals surface area contributed by atoms with Crippen LogP contribution in [0.15, 0.2) is 36.5 Å². The van der Waals surface area contributed by atoms with Crippen molar-refractivity contribution in [3.05, 3.63) is 42.1 Å². The third kappa shape index (κ3) is 5.19. The van der Waals surface area contributed by atoms with Crippen molar-refractivity contribution < 1.29 is 14.4 Å². The van der Waals surface area contributed by atoms with Gasteiger partial charge in [0.15, 0.2) is 0 Å². The number of pyridine rings is 1. The Morgan fingerprint density at radius 3 is 2.79 bits per heavy atom. The van der Waals surface area contributed by atoms with Gasteiger partial charge in [-0.25, -0.2) is 0 Å². The quantitative estimate of drug-likeness (QED) is 0.717. The van der Waals surface area contributed by atoms with E-state index in [1.54, 1.807) is 25.3 Å². The maximum Gasteiger partial charge on any atom is 0.252 e. The summed E-state index contributed by atoms with van der Waals surface area (Å²) in [5, 5.41) is 6.86. The van der Waals surface area contributed by atoms with E-state index in [4.69, 9.17) is 0 Å². The average molecular weight is 396 g/mol. The minimum atomic E-state index is -0.616. The van der Waals surface area contributed by atoms with Gasteiger partial charge < -0.3 is 10.6 Å². The summed E-state index contributed by atoms with van der Waals surface area (Å²) in [6.45, 7) is 3.63. The predicted octanol–water partition coefficient (Wildman–Crippen LogP) is 3.40. The second-order valence-corrected chi connectivity index (χ2v) is 7.84. The summed E-state index contributed by atoms with van der Waals surface area (Å²) < 4.78 is 0. The lowest BCUT2D eigenvalue weighted by Gasteiger charge is -2.24. The van der Waals surface area contributed by atoms with E-state index in [2.05, 4.69) is 22.5 Å². The fraction of sp³-hybridized carbons (Fsp3) is 0.478. The Kier molecular flexibility index (Phi) is 6.96. The van der Waals surface area contributed by atoms with Crippen molar-refractivity contribution in [1.29, 1.82) is 0 Å². The zero-order chi connectivity index (χ0) is 20.8. The Labute approximate surface area is 171 Å². The molecule has 1 aliphatic carbocycles. The van der Waals surface area contributed by atoms with Gasteiger partial charge in [0, 0.05) is 29.1 Å². The van der Waals surface area contributed by atoms with Crippen LogP contribution < -0.4 is 10.6 Å². The first kappa shape index (κ1) is 21.0. The van der Waals surface area contributed by atoms with Gasteiger partial charge in [-0.05, 0) is 44.4 Å². The minimum Gasteiger partial charge on any atom is -0.351 e. The van der Waals surface area contributed by atoms with E-state index in [-0.39, 0.29) is 29.6 Å². The fourth-order valence-electron chi connectivity index (χ4n) is 4.03. The van der Waals surface area contributed by atoms with E-state index in [9.17, 15) is 14.4 Å². The summed E-state index contributed by atoms with van der Waals surface area (Å²) in [6.07, 6.45) is 6.58. The number of carbonyl (C=O) groups is 3. The van der Waals surface area contributed by atoms with E-state index in [1.165, 1.54) is 0 Å². The Balaban J connectivity index is 1.70. The molecule has 1 aromatic heterocycles. The Hall–Kier alpha value is -2.76. The highest BCUT2D eigenvalue weighted by Gasteiger charge is 2.33. The highest BCUT2D eigenvalue weighted by Crippen LogP contribution is 2.26. The SMILES string of the molecule is CCCC[C@H](NC(=O)c1ccc2cccnc2c1)C(=O)N[C@H]1CCC[C@H]1C(C)=O. The van der Waals surface area contributed by atoms with Crippen LogP contribution in [0.5, 0.6) is 0 Å². The standard InChI is InChI=1S/C23H29N3O3/c1-3-4-9-20(23(29)25-19-10-5-8-18(19)15(2)27)26-22(28)17-12-11-16-7-6-13-24-21(16)14-17/h6-7,11-14,18-20H,3-5,8-10H2,1-2H3,(H,25,29)(H,26,28)/t18-,19-,20-/m0/s1. The molecule has 1 aromatic carbocycles. The number of hydrogen-bond acceptors (Lipinski definition) is 4. The lowest BCUT2D eigenvalue weighted by molar-refractivity contribution is -0.125. The molecule has 0 saturated heterocycles. The van der Waals surface area contributed by atoms with E-state index in [0.717, 1.165) is 43.0 Å². The summed E-state index contributed by atoms with van der Waals surface area (Å²) in [4.78, 5) is 41.8. The third-order valence-electron chi connectivity index (χ3n) is 5.70. The summed E-state index contributed by atoms with van der Waals surface area (Å²) >= 11 is 0. The van der Waals surface area contributed by atoms with Crippen molar-refractivity contribution in [3.63, 3.8) is 0 Å². The number of Topliss-reactive ketones (excluding diaryl/α,β-unsaturated/α-hetero) is 1. The van der Waals surface area contributed by atoms with Crippen LogP contribution >= 0.6 is 0 Å². The van der Waals surface area contributed by atoms with E-state index in [1.807, 2.05) is 18.2 Å². The monoisotopic (exact) mass is 395 g/mol. The number of nitrogens with one attached hydrogen (secondary N) is 2. The van der Waals surface area contributed by atoms with Crippen LogP contribution in [-0.4, -0.2) is 34.7 Å². The molecule has 6 heteroatoms. The van der Waals surface area contributed by atoms with Gasteiger partial charge in [-0.15, -0.1) is 0 Å². The number of rotatable bonds is 8. The molecule has 3 atom stereocenters. The molecule has 154 valence electrons. The van der Waals surface area contributed by atoms with Gasteiger partial charge in [0.1, 0.15) is 11.8 Å². The van der Waals surface area contributed by atoms with Crippen molar-refractivity contribution >= 4 is 28.5 Å². The van der Waals surface area contributed by atoms with E-state index in [0.29, 0.717) is 12.0 Å². The van der Waals surface area contributed by atoms with Crippen LogP contribution in [-0.2, 0) is 9.59 Å². The lowest BCUT2D eigenvalue weighted by atomic mass is 9.98. The molecule has 3 rings (SSSR count). The van der Waals surface area contributed by atoms with Crippen molar-refractivity contribution in [2.75, 3.05) is 0 Å². The number of hydrogen-bond donors (Lipinski definition) is 2. The average Bonchev–Trinajstić information content (AvgIpc) is 3.18. The zero-order valence-electron chi connectivity index (χ0n) is 17.1. The van der Waals surface area contributed by atoms with Crippen molar-refractivity contribution in [3.8, 4) is 0 Å². The smallest absolute Gasteiger partial charge is 0.252 e. The zero-order valence-corrected chi connectivity index (χ0v) is 17.1. The molecule has 6 nitrogen and oxygen atoms in total. The van der Waals surface area contributed by atoms with Gasteiger partial charge in [-0.2, -0.15) is 0 Å². The van der Waals surface area contributed by atoms with Crippen LogP contribution in [0, 0.1) is 5.92 Å². The van der Waals surface area contributed by atoms with Crippen LogP contribution in [0.3, 0.4) is 0 Å². The highest BCUT2D eigenvalue weighted by molar-refractivity contribution is 6.00. The Morgan fingerprint density at radius 1 is 1.21 bits per heavy atom. The molecular weight excluding hydrogens is 366 g/mol. The number of benzene rings is 1. The molecule has 0 bridgehead atoms. The first-order chi connectivity index (χ1) is 14.0. The molecule has 1 heterocycles. The molecular formula is C23H29N3O3. The molecule has 1 fully saturated rings. The van der Waals surface area contributed by atoms with E-state index < -0.39 is 6.04 Å². The number of ketones is 1. The van der Waals surface area contributed by atoms with Gasteiger partial charge in [0.2, 0.25) is 5.91 Å². The molecule has 2 amide bonds. The lowest BCUT2D eigenvalue weighted by Crippen LogP contribution is -2.51. The van der Waals surface area contributed by atoms with Crippen molar-refractivity contribution in [2.24, 2.45) is 5.92 Å². The number of carbonyl (C=O) groups excluding carboxylic acids is 3. The molecule has 1 saturated carbocycles. The van der Waals surface area contributed by atoms with E-state index >= 15 is 0 Å². The van der Waals surface area contributed by atoms with Gasteiger partial charge >= 0.3 is 0 Å². The van der Waals surface area contributed by atoms with Crippen LogP contribution in [0.4, 0.5) is 0 Å². The minimum absolute atomic E-state index is 0.116. The number of fused-ring (bicyclic) bond motifs is 1. The molecule has 1 aliphatic rings. The number of aromatic nitrogens is 1. The molecule has 2 N–H and O–H groups in total. The Morgan fingerprint density at radius 2 is 2.03 bits per heavy atom. The second kappa shape index (κ2) is 9.63. The summed E-state index contributed by atoms with van der Waals surface area (Å²) in [5.74, 6) is -0.495. The maximum atomic E-state index is 12.9. The van der Waals surface area contributed by atoms with Crippen LogP contribution in [0.25, 0.3) is 10.9 Å². The first-order valence-corrected chi connectivity index (χ1v) is 10.5. The van der Waals surface area contributed by atoms with Crippen molar-refractivity contribution in [1.82, 2.24) is 15.6 Å². The molecule has 0 aliphatic heterocycles. The maximum absolute atomic E-state index is 12.9. The summed E-state index contributed by atoms with van der Waals surface area (Å²) in [5.41, 5.74) is 1.22. The third-order valence-corrected chi connectivity index (χ3v) is 5.70. The molecule has 29 heavy (non-hydrogen) atoms. The van der Waals surface area contributed by atoms with Gasteiger partial charge in [-0.3, -0.25) is 19.4 Å². The topological polar surface area (TPSA) is 88.2 Å². The first-order valence-electron chi connectivity index (χ1n) is 10.5. The predicted molar refractivity (Wildman–Crippen MR) is 112 cm³/mol. The van der Waals surface area contributed by atoms with Gasteiger partial charge in [0.05, 0.1) is 5.52 Å². The normalized spacial score (nSPS) is 19.7. The summed E-state index contributed by atoms with van der Waals surface area (Å²) in [6, 6.07) is 8.38. The molecule has 2 aromatic rings. The largest absolute Gasteiger partial charge is 0.351 e. The Bertz CT molecular complexity index is 896.